The van der Waals surface area contributed by atoms with Gasteiger partial charge >= 0.3 is 0 Å². The van der Waals surface area contributed by atoms with Gasteiger partial charge < -0.3 is 11.1 Å². The minimum Gasteiger partial charge on any atom is -0.369 e. The Hall–Kier alpha value is -1.52. The molecule has 112 valence electrons. The van der Waals surface area contributed by atoms with Gasteiger partial charge in [-0.2, -0.15) is 4.98 Å². The highest BCUT2D eigenvalue weighted by atomic mass is 35.5. The van der Waals surface area contributed by atoms with E-state index in [4.69, 9.17) is 28.9 Å². The first-order chi connectivity index (χ1) is 9.76. The molecule has 0 unspecified atom stereocenters. The van der Waals surface area contributed by atoms with Crippen molar-refractivity contribution in [2.24, 2.45) is 5.41 Å². The number of benzene rings is 1. The van der Waals surface area contributed by atoms with Gasteiger partial charge in [0, 0.05) is 18.2 Å². The Morgan fingerprint density at radius 2 is 1.90 bits per heavy atom. The summed E-state index contributed by atoms with van der Waals surface area (Å²) in [4.78, 5) is 8.43. The second-order valence-corrected chi connectivity index (χ2v) is 6.80. The number of nitrogens with one attached hydrogen (secondary N) is 1. The van der Waals surface area contributed by atoms with E-state index < -0.39 is 0 Å². The molecule has 1 aromatic heterocycles. The minimum atomic E-state index is 0.133. The number of nitrogen functional groups attached to an aromatic ring is 1. The lowest BCUT2D eigenvalue weighted by atomic mass is 9.97. The van der Waals surface area contributed by atoms with Gasteiger partial charge in [0.15, 0.2) is 0 Å². The summed E-state index contributed by atoms with van der Waals surface area (Å²) in [5.41, 5.74) is 7.30. The average molecular weight is 325 g/mol. The lowest BCUT2D eigenvalue weighted by molar-refractivity contribution is 0.442. The Balaban J connectivity index is 2.37. The number of nitrogens with zero attached hydrogens (tertiary/aromatic N) is 2. The molecule has 0 aliphatic carbocycles. The molecule has 0 saturated heterocycles. The number of halogens is 2. The molecule has 3 N–H and O–H groups in total. The van der Waals surface area contributed by atoms with Crippen LogP contribution in [0.4, 0.5) is 11.8 Å². The number of nitrogens with two attached hydrogens (primary N) is 1. The molecule has 4 nitrogen and oxygen atoms in total. The van der Waals surface area contributed by atoms with Crippen LogP contribution in [-0.2, 0) is 0 Å². The van der Waals surface area contributed by atoms with Crippen LogP contribution >= 0.6 is 23.2 Å². The molecule has 0 amide bonds. The van der Waals surface area contributed by atoms with E-state index in [1.54, 1.807) is 6.07 Å². The normalized spacial score (nSPS) is 11.5. The Morgan fingerprint density at radius 3 is 2.57 bits per heavy atom. The largest absolute Gasteiger partial charge is 0.369 e. The van der Waals surface area contributed by atoms with Crippen molar-refractivity contribution < 1.29 is 0 Å². The number of rotatable bonds is 3. The van der Waals surface area contributed by atoms with Gasteiger partial charge in [-0.25, -0.2) is 4.98 Å². The lowest BCUT2D eigenvalue weighted by Gasteiger charge is -2.19. The minimum absolute atomic E-state index is 0.133. The van der Waals surface area contributed by atoms with Crippen LogP contribution in [0.25, 0.3) is 11.3 Å². The molecule has 1 heterocycles. The summed E-state index contributed by atoms with van der Waals surface area (Å²) in [6, 6.07) is 7.23. The van der Waals surface area contributed by atoms with E-state index in [9.17, 15) is 0 Å². The maximum Gasteiger partial charge on any atom is 0.222 e. The van der Waals surface area contributed by atoms with Crippen LogP contribution in [0.2, 0.25) is 10.0 Å². The van der Waals surface area contributed by atoms with Crippen molar-refractivity contribution in [2.75, 3.05) is 17.6 Å². The predicted octanol–water partition coefficient (Wildman–Crippen LogP) is 4.49. The number of hydrogen-bond donors (Lipinski definition) is 2. The third-order valence-electron chi connectivity index (χ3n) is 2.77. The quantitative estimate of drug-likeness (QED) is 0.873. The maximum absolute atomic E-state index is 6.23. The van der Waals surface area contributed by atoms with Crippen molar-refractivity contribution in [3.63, 3.8) is 0 Å². The highest BCUT2D eigenvalue weighted by molar-refractivity contribution is 6.43. The first-order valence-electron chi connectivity index (χ1n) is 6.59. The molecule has 0 aliphatic heterocycles. The van der Waals surface area contributed by atoms with E-state index >= 15 is 0 Å². The van der Waals surface area contributed by atoms with Gasteiger partial charge in [-0.1, -0.05) is 56.1 Å². The van der Waals surface area contributed by atoms with Crippen LogP contribution in [0, 0.1) is 5.41 Å². The third kappa shape index (κ3) is 4.22. The second kappa shape index (κ2) is 6.08. The Morgan fingerprint density at radius 1 is 1.19 bits per heavy atom. The van der Waals surface area contributed by atoms with Crippen molar-refractivity contribution in [1.29, 1.82) is 0 Å². The summed E-state index contributed by atoms with van der Waals surface area (Å²) >= 11 is 12.3. The summed E-state index contributed by atoms with van der Waals surface area (Å²) in [5, 5.41) is 4.20. The average Bonchev–Trinajstić information content (AvgIpc) is 2.38. The van der Waals surface area contributed by atoms with E-state index in [-0.39, 0.29) is 11.4 Å². The van der Waals surface area contributed by atoms with E-state index in [0.29, 0.717) is 21.6 Å². The molecule has 0 saturated carbocycles. The van der Waals surface area contributed by atoms with Gasteiger partial charge in [-0.05, 0) is 11.5 Å². The van der Waals surface area contributed by atoms with Gasteiger partial charge in [0.25, 0.3) is 0 Å². The van der Waals surface area contributed by atoms with Crippen LogP contribution in [-0.4, -0.2) is 16.5 Å². The van der Waals surface area contributed by atoms with E-state index in [1.165, 1.54) is 0 Å². The maximum atomic E-state index is 6.23. The van der Waals surface area contributed by atoms with Gasteiger partial charge in [-0.15, -0.1) is 0 Å². The van der Waals surface area contributed by atoms with Crippen molar-refractivity contribution in [2.45, 2.75) is 20.8 Å². The highest BCUT2D eigenvalue weighted by Gasteiger charge is 2.13. The van der Waals surface area contributed by atoms with Crippen molar-refractivity contribution in [1.82, 2.24) is 9.97 Å². The molecule has 0 aliphatic rings. The molecular formula is C15H18Cl2N4. The summed E-state index contributed by atoms with van der Waals surface area (Å²) in [7, 11) is 0. The standard InChI is InChI=1S/C15H18Cl2N4/c1-15(2,3)8-19-12-7-11(20-14(18)21-12)9-5-4-6-10(16)13(9)17/h4-7H,8H2,1-3H3,(H3,18,19,20,21). The third-order valence-corrected chi connectivity index (χ3v) is 3.59. The molecule has 0 atom stereocenters. The Bertz CT molecular complexity index is 651. The zero-order valence-electron chi connectivity index (χ0n) is 12.2. The summed E-state index contributed by atoms with van der Waals surface area (Å²) < 4.78 is 0. The van der Waals surface area contributed by atoms with Crippen LogP contribution in [0.5, 0.6) is 0 Å². The fraction of sp³-hybridized carbons (Fsp3) is 0.333. The fourth-order valence-electron chi connectivity index (χ4n) is 1.75. The number of aromatic nitrogens is 2. The zero-order chi connectivity index (χ0) is 15.6. The lowest BCUT2D eigenvalue weighted by Crippen LogP contribution is -2.20. The van der Waals surface area contributed by atoms with E-state index in [2.05, 4.69) is 36.1 Å². The van der Waals surface area contributed by atoms with Gasteiger partial charge in [0.05, 0.1) is 15.7 Å². The summed E-state index contributed by atoms with van der Waals surface area (Å²) in [5.74, 6) is 0.864. The van der Waals surface area contributed by atoms with Crippen LogP contribution in [0.1, 0.15) is 20.8 Å². The van der Waals surface area contributed by atoms with Crippen molar-refractivity contribution in [3.8, 4) is 11.3 Å². The summed E-state index contributed by atoms with van der Waals surface area (Å²) in [6.07, 6.45) is 0. The predicted molar refractivity (Wildman–Crippen MR) is 89.8 cm³/mol. The van der Waals surface area contributed by atoms with E-state index in [0.717, 1.165) is 12.1 Å². The van der Waals surface area contributed by atoms with Crippen LogP contribution in [0.15, 0.2) is 24.3 Å². The van der Waals surface area contributed by atoms with Gasteiger partial charge in [0.1, 0.15) is 5.82 Å². The van der Waals surface area contributed by atoms with Crippen molar-refractivity contribution in [3.05, 3.63) is 34.3 Å². The smallest absolute Gasteiger partial charge is 0.222 e. The van der Waals surface area contributed by atoms with Crippen molar-refractivity contribution >= 4 is 35.0 Å². The SMILES string of the molecule is CC(C)(C)CNc1cc(-c2cccc(Cl)c2Cl)nc(N)n1. The fourth-order valence-corrected chi connectivity index (χ4v) is 2.15. The second-order valence-electron chi connectivity index (χ2n) is 6.01. The first-order valence-corrected chi connectivity index (χ1v) is 7.35. The molecule has 6 heteroatoms. The first kappa shape index (κ1) is 15.9. The van der Waals surface area contributed by atoms with Crippen LogP contribution in [0.3, 0.4) is 0 Å². The molecule has 0 spiro atoms. The highest BCUT2D eigenvalue weighted by Crippen LogP contribution is 2.33. The topological polar surface area (TPSA) is 63.8 Å². The van der Waals surface area contributed by atoms with Gasteiger partial charge in [-0.3, -0.25) is 0 Å². The molecule has 0 radical (unpaired) electrons. The number of anilines is 2. The molecule has 21 heavy (non-hydrogen) atoms. The van der Waals surface area contributed by atoms with Crippen LogP contribution < -0.4 is 11.1 Å². The molecule has 0 bridgehead atoms. The molecule has 1 aromatic carbocycles. The molecule has 2 rings (SSSR count). The number of hydrogen-bond acceptors (Lipinski definition) is 4. The molecule has 2 aromatic rings. The molecular weight excluding hydrogens is 307 g/mol. The van der Waals surface area contributed by atoms with E-state index in [1.807, 2.05) is 18.2 Å². The monoisotopic (exact) mass is 324 g/mol. The Labute approximate surface area is 134 Å². The summed E-state index contributed by atoms with van der Waals surface area (Å²) in [6.45, 7) is 7.18. The van der Waals surface area contributed by atoms with Gasteiger partial charge in [0.2, 0.25) is 5.95 Å². The molecule has 0 fully saturated rings. The zero-order valence-corrected chi connectivity index (χ0v) is 13.8. The Kier molecular flexibility index (Phi) is 4.59.